The molecule has 0 spiro atoms. The Morgan fingerprint density at radius 2 is 1.47 bits per heavy atom. The van der Waals surface area contributed by atoms with Gasteiger partial charge >= 0.3 is 12.4 Å². The van der Waals surface area contributed by atoms with Crippen molar-refractivity contribution in [1.29, 1.82) is 5.26 Å². The molecule has 0 saturated carbocycles. The van der Waals surface area contributed by atoms with Gasteiger partial charge in [-0.15, -0.1) is 0 Å². The summed E-state index contributed by atoms with van der Waals surface area (Å²) < 4.78 is 107. The van der Waals surface area contributed by atoms with E-state index in [1.807, 2.05) is 0 Å². The fraction of sp³-hybridized carbons (Fsp3) is 0.174. The molecule has 36 heavy (non-hydrogen) atoms. The van der Waals surface area contributed by atoms with Gasteiger partial charge in [0.25, 0.3) is 15.6 Å². The minimum absolute atomic E-state index is 0.00884. The predicted molar refractivity (Wildman–Crippen MR) is 118 cm³/mol. The molecule has 0 aromatic heterocycles. The summed E-state index contributed by atoms with van der Waals surface area (Å²) in [7, 11) is -4.47. The van der Waals surface area contributed by atoms with E-state index < -0.39 is 40.1 Å². The first-order valence-corrected chi connectivity index (χ1v) is 11.7. The van der Waals surface area contributed by atoms with E-state index in [2.05, 4.69) is 0 Å². The second-order valence-electron chi connectivity index (χ2n) is 7.53. The number of nitrogens with zero attached hydrogens (tertiary/aromatic N) is 2. The first kappa shape index (κ1) is 27.3. The fourth-order valence-electron chi connectivity index (χ4n) is 3.33. The maximum absolute atomic E-state index is 13.5. The summed E-state index contributed by atoms with van der Waals surface area (Å²) in [6, 6.07) is 14.8. The summed E-state index contributed by atoms with van der Waals surface area (Å²) in [6.45, 7) is -0.401. The molecule has 13 heteroatoms. The van der Waals surface area contributed by atoms with Gasteiger partial charge in [-0.25, -0.2) is 8.42 Å². The van der Waals surface area contributed by atoms with E-state index in [1.54, 1.807) is 6.07 Å². The highest BCUT2D eigenvalue weighted by molar-refractivity contribution is 7.92. The predicted octanol–water partition coefficient (Wildman–Crippen LogP) is 5.92. The molecular weight excluding hydrogens is 534 g/mol. The number of hydrogen-bond acceptors (Lipinski definition) is 4. The Morgan fingerprint density at radius 1 is 0.889 bits per heavy atom. The lowest BCUT2D eigenvalue weighted by Crippen LogP contribution is -2.53. The first-order chi connectivity index (χ1) is 16.6. The van der Waals surface area contributed by atoms with E-state index in [4.69, 9.17) is 16.9 Å². The zero-order chi connectivity index (χ0) is 26.9. The van der Waals surface area contributed by atoms with Crippen molar-refractivity contribution in [2.24, 2.45) is 0 Å². The number of sulfonamides is 1. The number of hydrogen-bond donors (Lipinski definition) is 1. The molecule has 0 heterocycles. The van der Waals surface area contributed by atoms with Crippen molar-refractivity contribution in [1.82, 2.24) is 0 Å². The molecule has 3 aromatic rings. The van der Waals surface area contributed by atoms with Gasteiger partial charge in [0.1, 0.15) is 0 Å². The maximum atomic E-state index is 13.5. The summed E-state index contributed by atoms with van der Waals surface area (Å²) in [4.78, 5) is -0.338. The number of rotatable bonds is 6. The average Bonchev–Trinajstić information content (AvgIpc) is 2.80. The quantitative estimate of drug-likeness (QED) is 0.388. The molecule has 0 amide bonds. The van der Waals surface area contributed by atoms with Crippen molar-refractivity contribution >= 4 is 27.3 Å². The molecule has 1 N–H and O–H groups in total. The van der Waals surface area contributed by atoms with E-state index in [1.165, 1.54) is 42.5 Å². The molecule has 0 aliphatic rings. The molecule has 3 aromatic carbocycles. The summed E-state index contributed by atoms with van der Waals surface area (Å²) in [5, 5.41) is 19.0. The smallest absolute Gasteiger partial charge is 0.369 e. The van der Waals surface area contributed by atoms with Crippen LogP contribution < -0.4 is 4.31 Å². The van der Waals surface area contributed by atoms with Gasteiger partial charge in [-0.05, 0) is 48.0 Å². The lowest BCUT2D eigenvalue weighted by Gasteiger charge is -2.33. The van der Waals surface area contributed by atoms with Crippen LogP contribution in [-0.2, 0) is 22.2 Å². The van der Waals surface area contributed by atoms with Crippen molar-refractivity contribution in [3.05, 3.63) is 94.5 Å². The lowest BCUT2D eigenvalue weighted by atomic mass is 9.92. The lowest BCUT2D eigenvalue weighted by molar-refractivity contribution is -0.376. The van der Waals surface area contributed by atoms with Crippen molar-refractivity contribution in [2.45, 2.75) is 29.4 Å². The van der Waals surface area contributed by atoms with Gasteiger partial charge in [0.2, 0.25) is 0 Å². The Bertz CT molecular complexity index is 1390. The summed E-state index contributed by atoms with van der Waals surface area (Å²) in [6.07, 6.45) is -12.2. The van der Waals surface area contributed by atoms with Crippen LogP contribution in [0.25, 0.3) is 0 Å². The largest absolute Gasteiger partial charge is 0.430 e. The second kappa shape index (κ2) is 9.65. The molecule has 0 aliphatic heterocycles. The first-order valence-electron chi connectivity index (χ1n) is 9.85. The normalized spacial score (nSPS) is 12.8. The molecule has 0 bridgehead atoms. The molecule has 0 fully saturated rings. The van der Waals surface area contributed by atoms with Crippen molar-refractivity contribution in [3.63, 3.8) is 0 Å². The van der Waals surface area contributed by atoms with Crippen LogP contribution in [0, 0.1) is 11.3 Å². The number of aliphatic hydroxyl groups is 1. The van der Waals surface area contributed by atoms with Crippen molar-refractivity contribution < 1.29 is 39.9 Å². The Hall–Kier alpha value is -3.27. The van der Waals surface area contributed by atoms with E-state index in [0.717, 1.165) is 10.4 Å². The van der Waals surface area contributed by atoms with Crippen LogP contribution in [0.2, 0.25) is 5.02 Å². The van der Waals surface area contributed by atoms with Crippen LogP contribution in [0.5, 0.6) is 0 Å². The second-order valence-corrected chi connectivity index (χ2v) is 9.83. The van der Waals surface area contributed by atoms with E-state index in [0.29, 0.717) is 29.8 Å². The molecule has 0 unspecified atom stereocenters. The average molecular weight is 549 g/mol. The van der Waals surface area contributed by atoms with Crippen LogP contribution in [-0.4, -0.2) is 25.9 Å². The summed E-state index contributed by atoms with van der Waals surface area (Å²) in [5.74, 6) is 0. The van der Waals surface area contributed by atoms with Gasteiger partial charge < -0.3 is 5.11 Å². The summed E-state index contributed by atoms with van der Waals surface area (Å²) in [5.41, 5.74) is -6.65. The van der Waals surface area contributed by atoms with Crippen LogP contribution in [0.3, 0.4) is 0 Å². The molecule has 3 rings (SSSR count). The van der Waals surface area contributed by atoms with E-state index in [9.17, 15) is 39.9 Å². The minimum Gasteiger partial charge on any atom is -0.369 e. The molecule has 5 nitrogen and oxygen atoms in total. The van der Waals surface area contributed by atoms with Crippen LogP contribution in [0.15, 0.2) is 77.7 Å². The summed E-state index contributed by atoms with van der Waals surface area (Å²) >= 11 is 5.96. The maximum Gasteiger partial charge on any atom is 0.430 e. The van der Waals surface area contributed by atoms with Gasteiger partial charge in [0.15, 0.2) is 0 Å². The third kappa shape index (κ3) is 5.13. The number of benzene rings is 3. The zero-order valence-corrected chi connectivity index (χ0v) is 19.4. The topological polar surface area (TPSA) is 81.4 Å². The standard InChI is InChI=1S/C23H15ClF6N2O3S/c24-18-5-1-4-16(11-18)14-32(36(34,35)20-6-2-3-15(12-20)13-31)19-9-7-17(8-10-19)21(33,22(25,26)27)23(28,29)30/h1-12,33H,14H2. The monoisotopic (exact) mass is 548 g/mol. The molecule has 190 valence electrons. The Morgan fingerprint density at radius 3 is 2.00 bits per heavy atom. The molecular formula is C23H15ClF6N2O3S. The number of nitriles is 1. The van der Waals surface area contributed by atoms with Crippen LogP contribution >= 0.6 is 11.6 Å². The van der Waals surface area contributed by atoms with E-state index in [-0.39, 0.29) is 21.2 Å². The van der Waals surface area contributed by atoms with Gasteiger partial charge in [0.05, 0.1) is 28.8 Å². The number of anilines is 1. The van der Waals surface area contributed by atoms with Gasteiger partial charge in [-0.1, -0.05) is 41.9 Å². The van der Waals surface area contributed by atoms with Gasteiger partial charge in [-0.2, -0.15) is 31.6 Å². The molecule has 0 aliphatic carbocycles. The minimum atomic E-state index is -6.10. The number of alkyl halides is 6. The highest BCUT2D eigenvalue weighted by Crippen LogP contribution is 2.50. The highest BCUT2D eigenvalue weighted by atomic mass is 35.5. The number of halogens is 7. The van der Waals surface area contributed by atoms with E-state index >= 15 is 0 Å². The third-order valence-electron chi connectivity index (χ3n) is 5.16. The Labute approximate surface area is 206 Å². The molecule has 0 saturated heterocycles. The Kier molecular flexibility index (Phi) is 7.32. The van der Waals surface area contributed by atoms with Gasteiger partial charge in [0, 0.05) is 10.6 Å². The fourth-order valence-corrected chi connectivity index (χ4v) is 5.04. The third-order valence-corrected chi connectivity index (χ3v) is 7.16. The Balaban J connectivity index is 2.15. The zero-order valence-electron chi connectivity index (χ0n) is 17.8. The SMILES string of the molecule is N#Cc1cccc(S(=O)(=O)N(Cc2cccc(Cl)c2)c2ccc(C(O)(C(F)(F)F)C(F)(F)F)cc2)c1. The molecule has 0 atom stereocenters. The highest BCUT2D eigenvalue weighted by Gasteiger charge is 2.71. The van der Waals surface area contributed by atoms with Crippen molar-refractivity contribution in [2.75, 3.05) is 4.31 Å². The molecule has 0 radical (unpaired) electrons. The van der Waals surface area contributed by atoms with Crippen LogP contribution in [0.4, 0.5) is 32.0 Å². The van der Waals surface area contributed by atoms with Crippen molar-refractivity contribution in [3.8, 4) is 6.07 Å². The van der Waals surface area contributed by atoms with Gasteiger partial charge in [-0.3, -0.25) is 4.31 Å². The van der Waals surface area contributed by atoms with Crippen LogP contribution in [0.1, 0.15) is 16.7 Å².